The maximum absolute atomic E-state index is 6.14. The first-order valence-corrected chi connectivity index (χ1v) is 7.88. The normalized spacial score (nSPS) is 11.0. The van der Waals surface area contributed by atoms with E-state index in [-0.39, 0.29) is 0 Å². The molecule has 0 unspecified atom stereocenters. The van der Waals surface area contributed by atoms with Crippen LogP contribution in [0.25, 0.3) is 10.9 Å². The molecule has 0 amide bonds. The second kappa shape index (κ2) is 6.08. The molecule has 0 saturated carbocycles. The van der Waals surface area contributed by atoms with Crippen LogP contribution in [-0.2, 0) is 13.2 Å². The van der Waals surface area contributed by atoms with Crippen molar-refractivity contribution in [2.45, 2.75) is 20.1 Å². The summed E-state index contributed by atoms with van der Waals surface area (Å²) in [4.78, 5) is 0. The Hall–Kier alpha value is -1.52. The average molecular weight is 366 g/mol. The summed E-state index contributed by atoms with van der Waals surface area (Å²) in [7, 11) is 0. The van der Waals surface area contributed by atoms with Crippen LogP contribution in [-0.4, -0.2) is 9.78 Å². The van der Waals surface area contributed by atoms with Gasteiger partial charge in [-0.3, -0.25) is 4.68 Å². The van der Waals surface area contributed by atoms with E-state index < -0.39 is 0 Å². The first-order chi connectivity index (χ1) is 10.2. The molecule has 0 aliphatic rings. The maximum Gasteiger partial charge on any atom is 0.139 e. The number of aryl methyl sites for hydroxylation is 1. The molecule has 1 aromatic heterocycles. The molecule has 108 valence electrons. The van der Waals surface area contributed by atoms with Gasteiger partial charge < -0.3 is 4.74 Å². The molecule has 5 heteroatoms. The van der Waals surface area contributed by atoms with E-state index >= 15 is 0 Å². The van der Waals surface area contributed by atoms with Crippen LogP contribution in [0.5, 0.6) is 5.75 Å². The number of hydrogen-bond acceptors (Lipinski definition) is 2. The Morgan fingerprint density at radius 3 is 2.86 bits per heavy atom. The number of benzene rings is 2. The predicted molar refractivity (Wildman–Crippen MR) is 88.9 cm³/mol. The maximum atomic E-state index is 6.14. The van der Waals surface area contributed by atoms with E-state index in [0.29, 0.717) is 17.4 Å². The van der Waals surface area contributed by atoms with Gasteiger partial charge in [-0.05, 0) is 31.2 Å². The van der Waals surface area contributed by atoms with E-state index in [0.717, 1.165) is 27.6 Å². The minimum absolute atomic E-state index is 0.393. The molecule has 0 saturated heterocycles. The van der Waals surface area contributed by atoms with E-state index in [1.807, 2.05) is 35.0 Å². The number of hydrogen-bond donors (Lipinski definition) is 0. The molecule has 0 spiro atoms. The van der Waals surface area contributed by atoms with Crippen LogP contribution < -0.4 is 4.74 Å². The molecule has 21 heavy (non-hydrogen) atoms. The number of ether oxygens (including phenoxy) is 1. The summed E-state index contributed by atoms with van der Waals surface area (Å²) >= 11 is 9.56. The smallest absolute Gasteiger partial charge is 0.139 e. The molecule has 0 aliphatic carbocycles. The molecule has 0 aliphatic heterocycles. The molecule has 1 heterocycles. The summed E-state index contributed by atoms with van der Waals surface area (Å²) in [5.41, 5.74) is 2.04. The lowest BCUT2D eigenvalue weighted by Crippen LogP contribution is -2.00. The Morgan fingerprint density at radius 1 is 1.24 bits per heavy atom. The molecule has 3 aromatic rings. The molecule has 0 atom stereocenters. The highest BCUT2D eigenvalue weighted by Gasteiger charge is 2.10. The van der Waals surface area contributed by atoms with E-state index in [2.05, 4.69) is 40.1 Å². The van der Waals surface area contributed by atoms with E-state index in [9.17, 15) is 0 Å². The van der Waals surface area contributed by atoms with Gasteiger partial charge in [0.25, 0.3) is 0 Å². The van der Waals surface area contributed by atoms with Crippen molar-refractivity contribution in [3.63, 3.8) is 0 Å². The van der Waals surface area contributed by atoms with E-state index in [1.165, 1.54) is 0 Å². The quantitative estimate of drug-likeness (QED) is 0.647. The molecule has 0 radical (unpaired) electrons. The summed E-state index contributed by atoms with van der Waals surface area (Å²) in [5.74, 6) is 0.654. The SMILES string of the molecule is CCn1nc(COc2cc(Br)ccc2Cl)c2ccccc21. The number of aromatic nitrogens is 2. The van der Waals surface area contributed by atoms with Crippen LogP contribution in [0, 0.1) is 0 Å². The van der Waals surface area contributed by atoms with Crippen LogP contribution in [0.2, 0.25) is 5.02 Å². The summed E-state index contributed by atoms with van der Waals surface area (Å²) in [6.45, 7) is 3.30. The number of para-hydroxylation sites is 1. The lowest BCUT2D eigenvalue weighted by atomic mass is 10.2. The predicted octanol–water partition coefficient (Wildman–Crippen LogP) is 5.05. The zero-order valence-electron chi connectivity index (χ0n) is 11.5. The summed E-state index contributed by atoms with van der Waals surface area (Å²) in [5, 5.41) is 6.32. The van der Waals surface area contributed by atoms with Crippen molar-refractivity contribution in [2.75, 3.05) is 0 Å². The van der Waals surface area contributed by atoms with Gasteiger partial charge in [-0.15, -0.1) is 0 Å². The molecule has 3 nitrogen and oxygen atoms in total. The monoisotopic (exact) mass is 364 g/mol. The first kappa shape index (κ1) is 14.4. The van der Waals surface area contributed by atoms with Crippen molar-refractivity contribution < 1.29 is 4.74 Å². The van der Waals surface area contributed by atoms with E-state index in [1.54, 1.807) is 0 Å². The van der Waals surface area contributed by atoms with Gasteiger partial charge in [0.05, 0.1) is 10.5 Å². The van der Waals surface area contributed by atoms with Gasteiger partial charge in [-0.25, -0.2) is 0 Å². The van der Waals surface area contributed by atoms with Crippen LogP contribution in [0.1, 0.15) is 12.6 Å². The standard InChI is InChI=1S/C16H14BrClN2O/c1-2-20-15-6-4-3-5-12(15)14(19-20)10-21-16-9-11(17)7-8-13(16)18/h3-9H,2,10H2,1H3. The van der Waals surface area contributed by atoms with Gasteiger partial charge in [-0.2, -0.15) is 5.10 Å². The Labute approximate surface area is 136 Å². The third-order valence-electron chi connectivity index (χ3n) is 3.29. The van der Waals surface area contributed by atoms with E-state index in [4.69, 9.17) is 16.3 Å². The minimum atomic E-state index is 0.393. The topological polar surface area (TPSA) is 27.1 Å². The number of nitrogens with zero attached hydrogens (tertiary/aromatic N) is 2. The number of rotatable bonds is 4. The highest BCUT2D eigenvalue weighted by Crippen LogP contribution is 2.29. The van der Waals surface area contributed by atoms with Crippen molar-refractivity contribution in [3.05, 3.63) is 57.7 Å². The van der Waals surface area contributed by atoms with Gasteiger partial charge in [-0.1, -0.05) is 45.7 Å². The van der Waals surface area contributed by atoms with Gasteiger partial charge in [0.15, 0.2) is 0 Å². The fourth-order valence-electron chi connectivity index (χ4n) is 2.28. The van der Waals surface area contributed by atoms with Crippen molar-refractivity contribution in [1.29, 1.82) is 0 Å². The molecule has 0 fully saturated rings. The Morgan fingerprint density at radius 2 is 2.05 bits per heavy atom. The molecule has 3 rings (SSSR count). The lowest BCUT2D eigenvalue weighted by Gasteiger charge is -2.07. The molecular weight excluding hydrogens is 352 g/mol. The van der Waals surface area contributed by atoms with Gasteiger partial charge in [0, 0.05) is 16.4 Å². The average Bonchev–Trinajstić information content (AvgIpc) is 2.86. The van der Waals surface area contributed by atoms with Crippen LogP contribution in [0.4, 0.5) is 0 Å². The minimum Gasteiger partial charge on any atom is -0.486 e. The summed E-state index contributed by atoms with van der Waals surface area (Å²) in [6.07, 6.45) is 0. The first-order valence-electron chi connectivity index (χ1n) is 6.71. The Kier molecular flexibility index (Phi) is 4.17. The highest BCUT2D eigenvalue weighted by atomic mass is 79.9. The zero-order chi connectivity index (χ0) is 14.8. The Balaban J connectivity index is 1.90. The van der Waals surface area contributed by atoms with Gasteiger partial charge in [0.2, 0.25) is 0 Å². The zero-order valence-corrected chi connectivity index (χ0v) is 13.9. The molecular formula is C16H14BrClN2O. The second-order valence-electron chi connectivity index (χ2n) is 4.64. The number of halogens is 2. The largest absolute Gasteiger partial charge is 0.486 e. The van der Waals surface area contributed by atoms with Crippen LogP contribution >= 0.6 is 27.5 Å². The van der Waals surface area contributed by atoms with Crippen molar-refractivity contribution >= 4 is 38.4 Å². The fourth-order valence-corrected chi connectivity index (χ4v) is 2.79. The lowest BCUT2D eigenvalue weighted by molar-refractivity contribution is 0.301. The Bertz CT molecular complexity index is 785. The summed E-state index contributed by atoms with van der Waals surface area (Å²) < 4.78 is 8.75. The highest BCUT2D eigenvalue weighted by molar-refractivity contribution is 9.10. The van der Waals surface area contributed by atoms with Crippen molar-refractivity contribution in [3.8, 4) is 5.75 Å². The van der Waals surface area contributed by atoms with Gasteiger partial charge in [0.1, 0.15) is 18.1 Å². The van der Waals surface area contributed by atoms with Crippen LogP contribution in [0.3, 0.4) is 0 Å². The molecule has 0 N–H and O–H groups in total. The van der Waals surface area contributed by atoms with Crippen molar-refractivity contribution in [1.82, 2.24) is 9.78 Å². The van der Waals surface area contributed by atoms with Crippen molar-refractivity contribution in [2.24, 2.45) is 0 Å². The third kappa shape index (κ3) is 2.92. The molecule has 0 bridgehead atoms. The third-order valence-corrected chi connectivity index (χ3v) is 4.10. The summed E-state index contributed by atoms with van der Waals surface area (Å²) in [6, 6.07) is 13.7. The fraction of sp³-hybridized carbons (Fsp3) is 0.188. The number of fused-ring (bicyclic) bond motifs is 1. The second-order valence-corrected chi connectivity index (χ2v) is 5.97. The van der Waals surface area contributed by atoms with Crippen LogP contribution in [0.15, 0.2) is 46.9 Å². The molecule has 2 aromatic carbocycles. The van der Waals surface area contributed by atoms with Gasteiger partial charge >= 0.3 is 0 Å².